The molecule has 0 spiro atoms. The molecular formula is C14H16ClF3. The van der Waals surface area contributed by atoms with Gasteiger partial charge in [0, 0.05) is 11.3 Å². The molecule has 0 radical (unpaired) electrons. The van der Waals surface area contributed by atoms with E-state index in [1.807, 2.05) is 0 Å². The largest absolute Gasteiger partial charge is 0.416 e. The smallest absolute Gasteiger partial charge is 0.166 e. The van der Waals surface area contributed by atoms with Crippen molar-refractivity contribution >= 4 is 11.6 Å². The van der Waals surface area contributed by atoms with E-state index in [1.165, 1.54) is 12.1 Å². The average molecular weight is 277 g/mol. The van der Waals surface area contributed by atoms with Crippen molar-refractivity contribution in [2.24, 2.45) is 0 Å². The van der Waals surface area contributed by atoms with E-state index >= 15 is 0 Å². The van der Waals surface area contributed by atoms with Gasteiger partial charge in [-0.1, -0.05) is 37.5 Å². The van der Waals surface area contributed by atoms with E-state index in [4.69, 9.17) is 11.6 Å². The Morgan fingerprint density at radius 3 is 2.50 bits per heavy atom. The molecule has 1 aliphatic rings. The Labute approximate surface area is 110 Å². The lowest BCUT2D eigenvalue weighted by Crippen LogP contribution is -2.13. The van der Waals surface area contributed by atoms with E-state index in [1.54, 1.807) is 6.07 Å². The van der Waals surface area contributed by atoms with Crippen molar-refractivity contribution in [1.29, 1.82) is 0 Å². The van der Waals surface area contributed by atoms with E-state index in [0.717, 1.165) is 43.7 Å². The summed E-state index contributed by atoms with van der Waals surface area (Å²) in [6.45, 7) is 0. The van der Waals surface area contributed by atoms with E-state index in [2.05, 4.69) is 0 Å². The number of rotatable bonds is 1. The van der Waals surface area contributed by atoms with E-state index < -0.39 is 11.7 Å². The Kier molecular flexibility index (Phi) is 4.21. The second kappa shape index (κ2) is 5.52. The van der Waals surface area contributed by atoms with Crippen molar-refractivity contribution in [2.45, 2.75) is 49.6 Å². The van der Waals surface area contributed by atoms with Gasteiger partial charge in [0.2, 0.25) is 0 Å². The lowest BCUT2D eigenvalue weighted by molar-refractivity contribution is -0.137. The molecule has 0 bridgehead atoms. The zero-order chi connectivity index (χ0) is 13.2. The third-order valence-electron chi connectivity index (χ3n) is 3.57. The average Bonchev–Trinajstić information content (AvgIpc) is 2.53. The van der Waals surface area contributed by atoms with Crippen LogP contribution in [-0.2, 0) is 6.18 Å². The molecule has 1 aromatic carbocycles. The monoisotopic (exact) mass is 276 g/mol. The zero-order valence-electron chi connectivity index (χ0n) is 10.0. The molecule has 0 N–H and O–H groups in total. The molecule has 100 valence electrons. The highest BCUT2D eigenvalue weighted by molar-refractivity contribution is 6.21. The first-order chi connectivity index (χ1) is 8.48. The molecular weight excluding hydrogens is 261 g/mol. The number of hydrogen-bond acceptors (Lipinski definition) is 0. The predicted molar refractivity (Wildman–Crippen MR) is 66.9 cm³/mol. The Morgan fingerprint density at radius 2 is 1.78 bits per heavy atom. The van der Waals surface area contributed by atoms with Crippen LogP contribution in [0.3, 0.4) is 0 Å². The third kappa shape index (κ3) is 3.19. The van der Waals surface area contributed by atoms with Gasteiger partial charge >= 0.3 is 6.18 Å². The summed E-state index contributed by atoms with van der Waals surface area (Å²) in [5.74, 6) is 0.0523. The van der Waals surface area contributed by atoms with E-state index in [0.29, 0.717) is 0 Å². The number of alkyl halides is 4. The highest BCUT2D eigenvalue weighted by atomic mass is 35.5. The molecule has 0 nitrogen and oxygen atoms in total. The molecule has 0 aromatic heterocycles. The lowest BCUT2D eigenvalue weighted by Gasteiger charge is -2.21. The van der Waals surface area contributed by atoms with Gasteiger partial charge in [0.05, 0.1) is 5.56 Å². The molecule has 2 rings (SSSR count). The minimum atomic E-state index is -4.28. The molecule has 2 atom stereocenters. The van der Waals surface area contributed by atoms with Crippen molar-refractivity contribution in [3.63, 3.8) is 0 Å². The van der Waals surface area contributed by atoms with Crippen LogP contribution in [-0.4, -0.2) is 5.38 Å². The maximum Gasteiger partial charge on any atom is 0.416 e. The Balaban J connectivity index is 2.26. The molecule has 0 heterocycles. The van der Waals surface area contributed by atoms with Crippen LogP contribution in [0.15, 0.2) is 24.3 Å². The van der Waals surface area contributed by atoms with Gasteiger partial charge in [0.15, 0.2) is 0 Å². The summed E-state index contributed by atoms with van der Waals surface area (Å²) < 4.78 is 38.0. The van der Waals surface area contributed by atoms with Crippen molar-refractivity contribution in [3.05, 3.63) is 35.4 Å². The van der Waals surface area contributed by atoms with Gasteiger partial charge in [0.1, 0.15) is 0 Å². The van der Waals surface area contributed by atoms with Crippen molar-refractivity contribution < 1.29 is 13.2 Å². The molecule has 4 heteroatoms. The van der Waals surface area contributed by atoms with Gasteiger partial charge in [-0.25, -0.2) is 0 Å². The van der Waals surface area contributed by atoms with Crippen LogP contribution in [0.5, 0.6) is 0 Å². The van der Waals surface area contributed by atoms with Crippen LogP contribution < -0.4 is 0 Å². The van der Waals surface area contributed by atoms with Gasteiger partial charge < -0.3 is 0 Å². The summed E-state index contributed by atoms with van der Waals surface area (Å²) in [6, 6.07) is 5.61. The SMILES string of the molecule is FC(F)(F)c1cccc(C2CCCCCC2Cl)c1. The van der Waals surface area contributed by atoms with E-state index in [9.17, 15) is 13.2 Å². The number of halogens is 4. The summed E-state index contributed by atoms with van der Waals surface area (Å²) in [4.78, 5) is 0. The second-order valence-electron chi connectivity index (χ2n) is 4.88. The highest BCUT2D eigenvalue weighted by Gasteiger charge is 2.32. The summed E-state index contributed by atoms with van der Waals surface area (Å²) >= 11 is 6.31. The van der Waals surface area contributed by atoms with Crippen LogP contribution in [0.25, 0.3) is 0 Å². The molecule has 0 aliphatic heterocycles. The maximum absolute atomic E-state index is 12.7. The summed E-state index contributed by atoms with van der Waals surface area (Å²) in [6.07, 6.45) is 0.743. The predicted octanol–water partition coefficient (Wildman–Crippen LogP) is 5.36. The number of benzene rings is 1. The summed E-state index contributed by atoms with van der Waals surface area (Å²) in [5, 5.41) is -0.0454. The van der Waals surface area contributed by atoms with Crippen molar-refractivity contribution in [1.82, 2.24) is 0 Å². The molecule has 0 saturated heterocycles. The standard InChI is InChI=1S/C14H16ClF3/c15-13-8-3-1-2-7-12(13)10-5-4-6-11(9-10)14(16,17)18/h4-6,9,12-13H,1-3,7-8H2. The zero-order valence-corrected chi connectivity index (χ0v) is 10.8. The Bertz CT molecular complexity index is 400. The first-order valence-electron chi connectivity index (χ1n) is 6.30. The first kappa shape index (κ1) is 13.7. The summed E-state index contributed by atoms with van der Waals surface area (Å²) in [7, 11) is 0. The minimum Gasteiger partial charge on any atom is -0.166 e. The quantitative estimate of drug-likeness (QED) is 0.478. The van der Waals surface area contributed by atoms with Crippen LogP contribution in [0, 0.1) is 0 Å². The van der Waals surface area contributed by atoms with Crippen molar-refractivity contribution in [2.75, 3.05) is 0 Å². The third-order valence-corrected chi connectivity index (χ3v) is 4.10. The second-order valence-corrected chi connectivity index (χ2v) is 5.44. The number of hydrogen-bond donors (Lipinski definition) is 0. The minimum absolute atomic E-state index is 0.0454. The highest BCUT2D eigenvalue weighted by Crippen LogP contribution is 2.37. The maximum atomic E-state index is 12.7. The van der Waals surface area contributed by atoms with Gasteiger partial charge in [-0.15, -0.1) is 11.6 Å². The fraction of sp³-hybridized carbons (Fsp3) is 0.571. The molecule has 0 amide bonds. The fourth-order valence-corrected chi connectivity index (χ4v) is 3.01. The summed E-state index contributed by atoms with van der Waals surface area (Å²) in [5.41, 5.74) is 0.153. The molecule has 2 unspecified atom stereocenters. The molecule has 1 saturated carbocycles. The molecule has 1 aromatic rings. The van der Waals surface area contributed by atoms with Crippen LogP contribution in [0.2, 0.25) is 0 Å². The van der Waals surface area contributed by atoms with Gasteiger partial charge in [-0.3, -0.25) is 0 Å². The molecule has 1 aliphatic carbocycles. The van der Waals surface area contributed by atoms with Crippen molar-refractivity contribution in [3.8, 4) is 0 Å². The van der Waals surface area contributed by atoms with Gasteiger partial charge in [-0.2, -0.15) is 13.2 Å². The molecule has 1 fully saturated rings. The molecule has 18 heavy (non-hydrogen) atoms. The Hall–Kier alpha value is -0.700. The normalized spacial score (nSPS) is 25.8. The first-order valence-corrected chi connectivity index (χ1v) is 6.73. The Morgan fingerprint density at radius 1 is 1.06 bits per heavy atom. The topological polar surface area (TPSA) is 0 Å². The van der Waals surface area contributed by atoms with Crippen LogP contribution in [0.1, 0.15) is 49.1 Å². The van der Waals surface area contributed by atoms with E-state index in [-0.39, 0.29) is 11.3 Å². The van der Waals surface area contributed by atoms with Crippen LogP contribution >= 0.6 is 11.6 Å². The lowest BCUT2D eigenvalue weighted by atomic mass is 9.90. The fourth-order valence-electron chi connectivity index (χ4n) is 2.58. The van der Waals surface area contributed by atoms with Crippen LogP contribution in [0.4, 0.5) is 13.2 Å². The van der Waals surface area contributed by atoms with Gasteiger partial charge in [0.25, 0.3) is 0 Å². The van der Waals surface area contributed by atoms with Gasteiger partial charge in [-0.05, 0) is 24.5 Å².